The summed E-state index contributed by atoms with van der Waals surface area (Å²) in [6.45, 7) is 5.04. The van der Waals surface area contributed by atoms with Crippen LogP contribution < -0.4 is 5.32 Å². The lowest BCUT2D eigenvalue weighted by atomic mass is 9.95. The highest BCUT2D eigenvalue weighted by atomic mass is 35.5. The molecule has 0 bridgehead atoms. The molecule has 3 rings (SSSR count). The van der Waals surface area contributed by atoms with Gasteiger partial charge in [-0.25, -0.2) is 0 Å². The summed E-state index contributed by atoms with van der Waals surface area (Å²) in [6.07, 6.45) is 2.92. The molecule has 1 aromatic heterocycles. The molecule has 0 saturated carbocycles. The number of piperidine rings is 1. The Bertz CT molecular complexity index is 777. The molecule has 7 heteroatoms. The quantitative estimate of drug-likeness (QED) is 0.863. The number of benzene rings is 1. The number of nitrogens with zero attached hydrogens (tertiary/aromatic N) is 2. The molecule has 0 spiro atoms. The Labute approximate surface area is 157 Å². The molecular formula is C19H23ClN4O2. The van der Waals surface area contributed by atoms with E-state index in [1.165, 1.54) is 0 Å². The Kier molecular flexibility index (Phi) is 5.61. The average Bonchev–Trinajstić information content (AvgIpc) is 3.11. The van der Waals surface area contributed by atoms with Crippen LogP contribution in [0.3, 0.4) is 0 Å². The Morgan fingerprint density at radius 2 is 1.88 bits per heavy atom. The minimum Gasteiger partial charge on any atom is -0.354 e. The second-order valence-corrected chi connectivity index (χ2v) is 7.33. The maximum atomic E-state index is 12.9. The van der Waals surface area contributed by atoms with Crippen LogP contribution in [0.4, 0.5) is 0 Å². The fourth-order valence-corrected chi connectivity index (χ4v) is 3.33. The number of carbonyl (C=O) groups excluding carboxylic acids is 2. The van der Waals surface area contributed by atoms with Crippen LogP contribution in [-0.2, 0) is 4.79 Å². The highest BCUT2D eigenvalue weighted by Crippen LogP contribution is 2.26. The fraction of sp³-hybridized carbons (Fsp3) is 0.421. The van der Waals surface area contributed by atoms with Gasteiger partial charge in [-0.05, 0) is 38.8 Å². The van der Waals surface area contributed by atoms with Gasteiger partial charge >= 0.3 is 0 Å². The Balaban J connectivity index is 1.67. The summed E-state index contributed by atoms with van der Waals surface area (Å²) in [5, 5.41) is 10.5. The van der Waals surface area contributed by atoms with E-state index in [2.05, 4.69) is 15.5 Å². The number of hydrogen-bond donors (Lipinski definition) is 2. The molecule has 1 aliphatic rings. The summed E-state index contributed by atoms with van der Waals surface area (Å²) in [7, 11) is 0. The molecule has 26 heavy (non-hydrogen) atoms. The molecule has 2 N–H and O–H groups in total. The highest BCUT2D eigenvalue weighted by molar-refractivity contribution is 6.30. The first-order chi connectivity index (χ1) is 12.5. The third-order valence-corrected chi connectivity index (χ3v) is 4.84. The fourth-order valence-electron chi connectivity index (χ4n) is 3.20. The summed E-state index contributed by atoms with van der Waals surface area (Å²) in [6, 6.07) is 7.41. The number of carbonyl (C=O) groups is 2. The molecule has 1 aliphatic heterocycles. The van der Waals surface area contributed by atoms with Crippen molar-refractivity contribution in [2.45, 2.75) is 32.7 Å². The van der Waals surface area contributed by atoms with E-state index in [-0.39, 0.29) is 23.8 Å². The summed E-state index contributed by atoms with van der Waals surface area (Å²) in [5.74, 6) is -0.00906. The number of H-pyrrole nitrogens is 1. The van der Waals surface area contributed by atoms with Crippen LogP contribution in [0.5, 0.6) is 0 Å². The van der Waals surface area contributed by atoms with Crippen molar-refractivity contribution in [3.05, 3.63) is 41.0 Å². The van der Waals surface area contributed by atoms with Crippen LogP contribution >= 0.6 is 11.6 Å². The van der Waals surface area contributed by atoms with Crippen molar-refractivity contribution in [2.24, 2.45) is 5.92 Å². The van der Waals surface area contributed by atoms with Crippen molar-refractivity contribution in [3.63, 3.8) is 0 Å². The lowest BCUT2D eigenvalue weighted by Crippen LogP contribution is -2.44. The maximum absolute atomic E-state index is 12.9. The third kappa shape index (κ3) is 4.07. The summed E-state index contributed by atoms with van der Waals surface area (Å²) < 4.78 is 0. The van der Waals surface area contributed by atoms with Crippen molar-refractivity contribution in [1.29, 1.82) is 0 Å². The zero-order valence-electron chi connectivity index (χ0n) is 15.0. The first-order valence-electron chi connectivity index (χ1n) is 8.84. The van der Waals surface area contributed by atoms with Crippen LogP contribution in [0, 0.1) is 5.92 Å². The van der Waals surface area contributed by atoms with E-state index in [1.54, 1.807) is 23.2 Å². The van der Waals surface area contributed by atoms with Crippen molar-refractivity contribution >= 4 is 23.4 Å². The smallest absolute Gasteiger partial charge is 0.257 e. The Morgan fingerprint density at radius 3 is 2.50 bits per heavy atom. The van der Waals surface area contributed by atoms with E-state index in [0.29, 0.717) is 42.2 Å². The van der Waals surface area contributed by atoms with Crippen LogP contribution in [0.25, 0.3) is 11.3 Å². The van der Waals surface area contributed by atoms with Gasteiger partial charge in [0.25, 0.3) is 5.91 Å². The molecule has 1 saturated heterocycles. The molecule has 1 aromatic carbocycles. The monoisotopic (exact) mass is 374 g/mol. The lowest BCUT2D eigenvalue weighted by molar-refractivity contribution is -0.126. The van der Waals surface area contributed by atoms with Gasteiger partial charge in [0.15, 0.2) is 0 Å². The van der Waals surface area contributed by atoms with E-state index in [4.69, 9.17) is 11.6 Å². The number of rotatable bonds is 4. The third-order valence-electron chi connectivity index (χ3n) is 4.59. The van der Waals surface area contributed by atoms with Gasteiger partial charge in [-0.3, -0.25) is 14.7 Å². The first kappa shape index (κ1) is 18.5. The molecule has 2 amide bonds. The van der Waals surface area contributed by atoms with E-state index in [1.807, 2.05) is 26.0 Å². The minimum atomic E-state index is -0.0635. The Morgan fingerprint density at radius 1 is 1.23 bits per heavy atom. The normalized spacial score (nSPS) is 15.3. The van der Waals surface area contributed by atoms with E-state index >= 15 is 0 Å². The van der Waals surface area contributed by atoms with Gasteiger partial charge in [0.05, 0.1) is 17.5 Å². The van der Waals surface area contributed by atoms with E-state index < -0.39 is 0 Å². The molecule has 0 radical (unpaired) electrons. The zero-order chi connectivity index (χ0) is 18.7. The molecule has 2 aromatic rings. The van der Waals surface area contributed by atoms with Crippen molar-refractivity contribution in [2.75, 3.05) is 13.1 Å². The van der Waals surface area contributed by atoms with Crippen LogP contribution in [0.15, 0.2) is 30.5 Å². The number of halogens is 1. The number of nitrogens with one attached hydrogen (secondary N) is 2. The zero-order valence-corrected chi connectivity index (χ0v) is 15.7. The van der Waals surface area contributed by atoms with E-state index in [9.17, 15) is 9.59 Å². The van der Waals surface area contributed by atoms with Gasteiger partial charge < -0.3 is 10.2 Å². The molecule has 0 aliphatic carbocycles. The number of likely N-dealkylation sites (tertiary alicyclic amines) is 1. The van der Waals surface area contributed by atoms with Crippen LogP contribution in [-0.4, -0.2) is 46.0 Å². The molecule has 138 valence electrons. The summed E-state index contributed by atoms with van der Waals surface area (Å²) in [4.78, 5) is 26.9. The van der Waals surface area contributed by atoms with Crippen molar-refractivity contribution < 1.29 is 9.59 Å². The summed E-state index contributed by atoms with van der Waals surface area (Å²) >= 11 is 5.93. The average molecular weight is 375 g/mol. The predicted molar refractivity (Wildman–Crippen MR) is 101 cm³/mol. The van der Waals surface area contributed by atoms with Gasteiger partial charge in [0.1, 0.15) is 0 Å². The molecule has 2 heterocycles. The second-order valence-electron chi connectivity index (χ2n) is 6.90. The molecule has 1 fully saturated rings. The van der Waals surface area contributed by atoms with Gasteiger partial charge in [0.2, 0.25) is 5.91 Å². The SMILES string of the molecule is CC(C)NC(=O)C1CCN(C(=O)c2cn[nH]c2-c2ccc(Cl)cc2)CC1. The maximum Gasteiger partial charge on any atom is 0.257 e. The largest absolute Gasteiger partial charge is 0.354 e. The molecule has 0 unspecified atom stereocenters. The van der Waals surface area contributed by atoms with Crippen LogP contribution in [0.2, 0.25) is 5.02 Å². The van der Waals surface area contributed by atoms with Crippen molar-refractivity contribution in [1.82, 2.24) is 20.4 Å². The second kappa shape index (κ2) is 7.91. The molecule has 6 nitrogen and oxygen atoms in total. The standard InChI is InChI=1S/C19H23ClN4O2/c1-12(2)22-18(25)14-7-9-24(10-8-14)19(26)16-11-21-23-17(16)13-3-5-15(20)6-4-13/h3-6,11-12,14H,7-10H2,1-2H3,(H,21,23)(H,22,25). The molecule has 0 atom stereocenters. The van der Waals surface area contributed by atoms with Gasteiger partial charge in [-0.2, -0.15) is 5.10 Å². The number of amides is 2. The first-order valence-corrected chi connectivity index (χ1v) is 9.22. The lowest BCUT2D eigenvalue weighted by Gasteiger charge is -2.31. The minimum absolute atomic E-state index is 0.0264. The highest BCUT2D eigenvalue weighted by Gasteiger charge is 2.29. The van der Waals surface area contributed by atoms with Crippen LogP contribution in [0.1, 0.15) is 37.0 Å². The van der Waals surface area contributed by atoms with Crippen molar-refractivity contribution in [3.8, 4) is 11.3 Å². The summed E-state index contributed by atoms with van der Waals surface area (Å²) in [5.41, 5.74) is 2.09. The van der Waals surface area contributed by atoms with Gasteiger partial charge in [-0.15, -0.1) is 0 Å². The Hall–Kier alpha value is -2.34. The van der Waals surface area contributed by atoms with Gasteiger partial charge in [0, 0.05) is 35.6 Å². The number of hydrogen-bond acceptors (Lipinski definition) is 3. The predicted octanol–water partition coefficient (Wildman–Crippen LogP) is 3.11. The number of aromatic nitrogens is 2. The van der Waals surface area contributed by atoms with Gasteiger partial charge in [-0.1, -0.05) is 23.7 Å². The number of aromatic amines is 1. The van der Waals surface area contributed by atoms with E-state index in [0.717, 1.165) is 5.56 Å². The molecular weight excluding hydrogens is 352 g/mol. The topological polar surface area (TPSA) is 78.1 Å².